The Kier molecular flexibility index (Phi) is 8.17. The summed E-state index contributed by atoms with van der Waals surface area (Å²) in [6, 6.07) is 8.02. The number of carbonyl (C=O) groups is 1. The van der Waals surface area contributed by atoms with Gasteiger partial charge < -0.3 is 33.7 Å². The smallest absolute Gasteiger partial charge is 0.316 e. The third kappa shape index (κ3) is 6.25. The van der Waals surface area contributed by atoms with E-state index in [9.17, 15) is 9.18 Å². The summed E-state index contributed by atoms with van der Waals surface area (Å²) in [6.07, 6.45) is 0.791. The van der Waals surface area contributed by atoms with E-state index < -0.39 is 11.7 Å². The summed E-state index contributed by atoms with van der Waals surface area (Å²) in [4.78, 5) is 33.8. The van der Waals surface area contributed by atoms with E-state index >= 15 is 0 Å². The van der Waals surface area contributed by atoms with E-state index in [0.29, 0.717) is 67.9 Å². The number of nitrogens with one attached hydrogen (secondary N) is 1. The summed E-state index contributed by atoms with van der Waals surface area (Å²) in [7, 11) is 3.91. The molecule has 0 saturated carbocycles. The number of morpholine rings is 1. The number of halogens is 1. The number of ether oxygens (including phenoxy) is 4. The molecule has 1 amide bonds. The molecule has 0 bridgehead atoms. The normalized spacial score (nSPS) is 21.8. The standard InChI is InChI=1S/C27H33FN6O5/c1-27(25(35)34-11-13-36-14-12-34)16-38-24(39-17-27)23-31-21(18-4-6-19(28)7-5-18)22(32-23)20-8-9-29-26(30-20)37-15-10-33(2)3/h4-9,24H,10-17H2,1-3H3,(H,31,32). The number of benzene rings is 1. The second-order valence-corrected chi connectivity index (χ2v) is 10.1. The Morgan fingerprint density at radius 3 is 2.56 bits per heavy atom. The van der Waals surface area contributed by atoms with E-state index in [2.05, 4.69) is 15.0 Å². The minimum atomic E-state index is -0.818. The summed E-state index contributed by atoms with van der Waals surface area (Å²) in [5, 5.41) is 0. The molecule has 0 spiro atoms. The summed E-state index contributed by atoms with van der Waals surface area (Å²) in [5.41, 5.74) is 1.56. The fourth-order valence-electron chi connectivity index (χ4n) is 4.41. The van der Waals surface area contributed by atoms with Crippen LogP contribution in [0, 0.1) is 11.2 Å². The van der Waals surface area contributed by atoms with E-state index in [0.717, 1.165) is 0 Å². The van der Waals surface area contributed by atoms with Gasteiger partial charge in [0.2, 0.25) is 12.2 Å². The quantitative estimate of drug-likeness (QED) is 0.460. The Labute approximate surface area is 226 Å². The molecule has 0 unspecified atom stereocenters. The number of imidazole rings is 1. The van der Waals surface area contributed by atoms with Crippen LogP contribution in [0.2, 0.25) is 0 Å². The van der Waals surface area contributed by atoms with Crippen molar-refractivity contribution >= 4 is 5.91 Å². The predicted molar refractivity (Wildman–Crippen MR) is 139 cm³/mol. The van der Waals surface area contributed by atoms with Crippen LogP contribution in [0.15, 0.2) is 36.5 Å². The molecule has 2 aliphatic rings. The molecule has 0 radical (unpaired) electrons. The average molecular weight is 541 g/mol. The van der Waals surface area contributed by atoms with Gasteiger partial charge in [-0.2, -0.15) is 4.98 Å². The van der Waals surface area contributed by atoms with Gasteiger partial charge in [0, 0.05) is 31.4 Å². The van der Waals surface area contributed by atoms with Crippen molar-refractivity contribution < 1.29 is 28.1 Å². The van der Waals surface area contributed by atoms with Crippen molar-refractivity contribution in [1.29, 1.82) is 0 Å². The Morgan fingerprint density at radius 1 is 1.15 bits per heavy atom. The van der Waals surface area contributed by atoms with E-state index in [1.807, 2.05) is 25.9 Å². The first-order chi connectivity index (χ1) is 18.8. The zero-order chi connectivity index (χ0) is 27.4. The van der Waals surface area contributed by atoms with Crippen LogP contribution in [-0.4, -0.2) is 102 Å². The molecule has 5 rings (SSSR count). The number of likely N-dealkylation sites (N-methyl/N-ethyl adjacent to an activating group) is 1. The molecule has 0 atom stereocenters. The van der Waals surface area contributed by atoms with Crippen LogP contribution < -0.4 is 4.74 Å². The first kappa shape index (κ1) is 27.1. The van der Waals surface area contributed by atoms with Gasteiger partial charge in [-0.3, -0.25) is 4.79 Å². The van der Waals surface area contributed by atoms with E-state index in [-0.39, 0.29) is 30.9 Å². The fourth-order valence-corrected chi connectivity index (χ4v) is 4.41. The number of hydrogen-bond acceptors (Lipinski definition) is 9. The molecule has 11 nitrogen and oxygen atoms in total. The molecular formula is C27H33FN6O5. The van der Waals surface area contributed by atoms with Gasteiger partial charge in [-0.1, -0.05) is 0 Å². The number of aromatic amines is 1. The maximum absolute atomic E-state index is 13.7. The number of nitrogens with zero attached hydrogens (tertiary/aromatic N) is 5. The maximum Gasteiger partial charge on any atom is 0.316 e. The van der Waals surface area contributed by atoms with Gasteiger partial charge in [0.15, 0.2) is 5.82 Å². The number of H-pyrrole nitrogens is 1. The zero-order valence-corrected chi connectivity index (χ0v) is 22.4. The lowest BCUT2D eigenvalue weighted by atomic mass is 9.90. The second-order valence-electron chi connectivity index (χ2n) is 10.1. The molecule has 3 aromatic rings. The van der Waals surface area contributed by atoms with Crippen molar-refractivity contribution in [3.05, 3.63) is 48.2 Å². The second kappa shape index (κ2) is 11.7. The lowest BCUT2D eigenvalue weighted by molar-refractivity contribution is -0.235. The highest BCUT2D eigenvalue weighted by Gasteiger charge is 2.43. The number of hydrogen-bond donors (Lipinski definition) is 1. The van der Waals surface area contributed by atoms with Gasteiger partial charge in [0.05, 0.1) is 48.9 Å². The molecule has 2 fully saturated rings. The van der Waals surface area contributed by atoms with Crippen molar-refractivity contribution in [2.24, 2.45) is 5.41 Å². The molecule has 12 heteroatoms. The van der Waals surface area contributed by atoms with Gasteiger partial charge in [0.1, 0.15) is 12.4 Å². The third-order valence-electron chi connectivity index (χ3n) is 6.64. The summed E-state index contributed by atoms with van der Waals surface area (Å²) in [6.45, 7) is 5.50. The Bertz CT molecular complexity index is 1270. The highest BCUT2D eigenvalue weighted by molar-refractivity contribution is 5.83. The molecule has 1 aromatic carbocycles. The average Bonchev–Trinajstić information content (AvgIpc) is 3.39. The Balaban J connectivity index is 1.38. The molecule has 39 heavy (non-hydrogen) atoms. The molecule has 4 heterocycles. The molecule has 208 valence electrons. The maximum atomic E-state index is 13.7. The van der Waals surface area contributed by atoms with Gasteiger partial charge in [-0.25, -0.2) is 14.4 Å². The number of aromatic nitrogens is 4. The van der Waals surface area contributed by atoms with Crippen LogP contribution in [0.5, 0.6) is 6.01 Å². The minimum absolute atomic E-state index is 0.0147. The predicted octanol–water partition coefficient (Wildman–Crippen LogP) is 2.52. The lowest BCUT2D eigenvalue weighted by Crippen LogP contribution is -2.53. The lowest BCUT2D eigenvalue weighted by Gasteiger charge is -2.39. The molecule has 2 saturated heterocycles. The van der Waals surface area contributed by atoms with Crippen LogP contribution in [0.4, 0.5) is 4.39 Å². The Morgan fingerprint density at radius 2 is 1.87 bits per heavy atom. The first-order valence-electron chi connectivity index (χ1n) is 12.9. The van der Waals surface area contributed by atoms with E-state index in [1.165, 1.54) is 12.1 Å². The molecule has 1 N–H and O–H groups in total. The van der Waals surface area contributed by atoms with Crippen molar-refractivity contribution in [3.63, 3.8) is 0 Å². The van der Waals surface area contributed by atoms with Gasteiger partial charge in [0.25, 0.3) is 0 Å². The van der Waals surface area contributed by atoms with Gasteiger partial charge in [-0.15, -0.1) is 0 Å². The number of rotatable bonds is 8. The minimum Gasteiger partial charge on any atom is -0.462 e. The topological polar surface area (TPSA) is 115 Å². The fraction of sp³-hybridized carbons (Fsp3) is 0.481. The van der Waals surface area contributed by atoms with Crippen LogP contribution in [0.25, 0.3) is 22.6 Å². The highest BCUT2D eigenvalue weighted by atomic mass is 19.1. The van der Waals surface area contributed by atoms with Crippen LogP contribution in [-0.2, 0) is 19.0 Å². The summed E-state index contributed by atoms with van der Waals surface area (Å²) >= 11 is 0. The van der Waals surface area contributed by atoms with E-state index in [1.54, 1.807) is 29.3 Å². The van der Waals surface area contributed by atoms with E-state index in [4.69, 9.17) is 23.9 Å². The van der Waals surface area contributed by atoms with Crippen molar-refractivity contribution in [1.82, 2.24) is 29.7 Å². The monoisotopic (exact) mass is 540 g/mol. The van der Waals surface area contributed by atoms with Crippen molar-refractivity contribution in [2.75, 3.05) is 66.8 Å². The highest BCUT2D eigenvalue weighted by Crippen LogP contribution is 2.36. The molecule has 2 aliphatic heterocycles. The van der Waals surface area contributed by atoms with Gasteiger partial charge in [-0.05, 0) is 51.4 Å². The largest absolute Gasteiger partial charge is 0.462 e. The SMILES string of the molecule is CN(C)CCOc1nccc(-c2[nH]c(C3OCC(C)(C(=O)N4CCOCC4)CO3)nc2-c2ccc(F)cc2)n1. The molecule has 2 aromatic heterocycles. The van der Waals surface area contributed by atoms with Crippen molar-refractivity contribution in [2.45, 2.75) is 13.2 Å². The van der Waals surface area contributed by atoms with Crippen LogP contribution in [0.1, 0.15) is 19.0 Å². The number of amides is 1. The first-order valence-corrected chi connectivity index (χ1v) is 12.9. The van der Waals surface area contributed by atoms with Gasteiger partial charge >= 0.3 is 6.01 Å². The zero-order valence-electron chi connectivity index (χ0n) is 22.4. The summed E-state index contributed by atoms with van der Waals surface area (Å²) in [5.74, 6) is 0.0518. The number of carbonyl (C=O) groups excluding carboxylic acids is 1. The third-order valence-corrected chi connectivity index (χ3v) is 6.64. The van der Waals surface area contributed by atoms with Crippen LogP contribution in [0.3, 0.4) is 0 Å². The van der Waals surface area contributed by atoms with Crippen molar-refractivity contribution in [3.8, 4) is 28.7 Å². The Hall–Kier alpha value is -3.45. The summed E-state index contributed by atoms with van der Waals surface area (Å²) < 4.78 is 36.8. The molecule has 0 aliphatic carbocycles. The van der Waals surface area contributed by atoms with Crippen LogP contribution >= 0.6 is 0 Å². The molecular weight excluding hydrogens is 507 g/mol.